The molecule has 0 aliphatic carbocycles. The summed E-state index contributed by atoms with van der Waals surface area (Å²) in [6.45, 7) is 9.67. The van der Waals surface area contributed by atoms with E-state index in [1.807, 2.05) is 46.9 Å². The normalized spacial score (nSPS) is 15.3. The molecule has 174 valence electrons. The summed E-state index contributed by atoms with van der Waals surface area (Å²) in [5, 5.41) is 4.92. The number of hydrogen-bond acceptors (Lipinski definition) is 9. The van der Waals surface area contributed by atoms with Crippen LogP contribution in [0.2, 0.25) is 0 Å². The van der Waals surface area contributed by atoms with Crippen LogP contribution in [0.3, 0.4) is 0 Å². The first-order valence-electron chi connectivity index (χ1n) is 10.7. The Morgan fingerprint density at radius 1 is 1.25 bits per heavy atom. The second-order valence-corrected chi connectivity index (χ2v) is 9.89. The number of nitrogens with one attached hydrogen (secondary N) is 1. The van der Waals surface area contributed by atoms with Crippen molar-refractivity contribution in [3.63, 3.8) is 0 Å². The van der Waals surface area contributed by atoms with Crippen molar-refractivity contribution >= 4 is 39.5 Å². The molecule has 32 heavy (non-hydrogen) atoms. The molecule has 0 spiro atoms. The summed E-state index contributed by atoms with van der Waals surface area (Å²) in [7, 11) is 2.02. The summed E-state index contributed by atoms with van der Waals surface area (Å²) < 4.78 is 6.10. The number of anilines is 3. The van der Waals surface area contributed by atoms with Crippen molar-refractivity contribution < 1.29 is 14.4 Å². The maximum atomic E-state index is 11.8. The quantitative estimate of drug-likeness (QED) is 0.559. The molecule has 2 aromatic rings. The number of rotatable bonds is 6. The van der Waals surface area contributed by atoms with E-state index in [0.717, 1.165) is 35.2 Å². The molecule has 1 fully saturated rings. The van der Waals surface area contributed by atoms with Gasteiger partial charge >= 0.3 is 6.16 Å². The number of nitrogens with zero attached hydrogens (tertiary/aromatic N) is 5. The average Bonchev–Trinajstić information content (AvgIpc) is 2.70. The van der Waals surface area contributed by atoms with Crippen LogP contribution in [0.1, 0.15) is 39.2 Å². The predicted octanol–water partition coefficient (Wildman–Crippen LogP) is 4.70. The second-order valence-electron chi connectivity index (χ2n) is 9.04. The van der Waals surface area contributed by atoms with Gasteiger partial charge in [0.1, 0.15) is 29.4 Å². The predicted molar refractivity (Wildman–Crippen MR) is 127 cm³/mol. The number of carbonyl (C=O) groups is 1. The minimum absolute atomic E-state index is 0.470. The maximum absolute atomic E-state index is 11.8. The van der Waals surface area contributed by atoms with Crippen LogP contribution in [0.15, 0.2) is 29.1 Å². The lowest BCUT2D eigenvalue weighted by atomic mass is 9.97. The third-order valence-electron chi connectivity index (χ3n) is 4.97. The van der Waals surface area contributed by atoms with Gasteiger partial charge in [0.15, 0.2) is 0 Å². The van der Waals surface area contributed by atoms with Crippen molar-refractivity contribution in [2.45, 2.75) is 46.1 Å². The third kappa shape index (κ3) is 7.30. The number of ether oxygens (including phenoxy) is 1. The van der Waals surface area contributed by atoms with Gasteiger partial charge in [-0.1, -0.05) is 0 Å². The Labute approximate surface area is 197 Å². The van der Waals surface area contributed by atoms with Crippen LogP contribution < -0.4 is 10.2 Å². The number of aromatic nitrogens is 3. The number of carbonyl (C=O) groups excluding carboxylic acids is 1. The molecule has 0 amide bonds. The molecule has 0 unspecified atom stereocenters. The maximum Gasteiger partial charge on any atom is 0.528 e. The van der Waals surface area contributed by atoms with Gasteiger partial charge in [-0.2, -0.15) is 0 Å². The highest BCUT2D eigenvalue weighted by atomic mass is 79.9. The van der Waals surface area contributed by atoms with E-state index in [9.17, 15) is 4.79 Å². The Balaban J connectivity index is 1.51. The zero-order valence-corrected chi connectivity index (χ0v) is 20.8. The van der Waals surface area contributed by atoms with Crippen LogP contribution in [0.5, 0.6) is 0 Å². The Kier molecular flexibility index (Phi) is 7.89. The summed E-state index contributed by atoms with van der Waals surface area (Å²) in [6.07, 6.45) is 4.55. The fraction of sp³-hybridized carbons (Fsp3) is 0.545. The van der Waals surface area contributed by atoms with E-state index in [2.05, 4.69) is 41.1 Å². The van der Waals surface area contributed by atoms with E-state index in [-0.39, 0.29) is 0 Å². The SMILES string of the molecule is Cc1cnc(Nc2cc(N(C)CC3CCN(OC(=O)OC(C)(C)C)CC3)ncn2)c(Br)c1. The van der Waals surface area contributed by atoms with Crippen LogP contribution >= 0.6 is 15.9 Å². The number of hydroxylamine groups is 2. The van der Waals surface area contributed by atoms with Gasteiger partial charge in [-0.25, -0.2) is 19.7 Å². The Morgan fingerprint density at radius 2 is 1.97 bits per heavy atom. The molecule has 3 rings (SSSR count). The van der Waals surface area contributed by atoms with Crippen LogP contribution in [0.25, 0.3) is 0 Å². The molecule has 1 N–H and O–H groups in total. The van der Waals surface area contributed by atoms with Gasteiger partial charge in [0.05, 0.1) is 4.47 Å². The van der Waals surface area contributed by atoms with Crippen molar-refractivity contribution in [1.82, 2.24) is 20.0 Å². The van der Waals surface area contributed by atoms with E-state index in [0.29, 0.717) is 30.6 Å². The largest absolute Gasteiger partial charge is 0.528 e. The molecule has 1 aliphatic rings. The monoisotopic (exact) mass is 506 g/mol. The van der Waals surface area contributed by atoms with E-state index in [4.69, 9.17) is 9.57 Å². The van der Waals surface area contributed by atoms with Gasteiger partial charge in [0, 0.05) is 38.9 Å². The van der Waals surface area contributed by atoms with Gasteiger partial charge in [-0.05, 0) is 74.0 Å². The molecular weight excluding hydrogens is 476 g/mol. The molecule has 1 aliphatic heterocycles. The minimum Gasteiger partial charge on any atom is -0.427 e. The summed E-state index contributed by atoms with van der Waals surface area (Å²) in [5.74, 6) is 2.69. The van der Waals surface area contributed by atoms with E-state index >= 15 is 0 Å². The first-order chi connectivity index (χ1) is 15.1. The zero-order valence-electron chi connectivity index (χ0n) is 19.3. The fourth-order valence-electron chi connectivity index (χ4n) is 3.41. The van der Waals surface area contributed by atoms with Crippen molar-refractivity contribution in [1.29, 1.82) is 0 Å². The van der Waals surface area contributed by atoms with Crippen LogP contribution in [-0.4, -0.2) is 58.5 Å². The van der Waals surface area contributed by atoms with Crippen molar-refractivity contribution in [2.75, 3.05) is 36.9 Å². The average molecular weight is 507 g/mol. The lowest BCUT2D eigenvalue weighted by Gasteiger charge is -2.33. The Hall–Kier alpha value is -2.46. The molecule has 0 radical (unpaired) electrons. The summed E-state index contributed by atoms with van der Waals surface area (Å²) in [4.78, 5) is 32.4. The molecular formula is C22H31BrN6O3. The van der Waals surface area contributed by atoms with Crippen molar-refractivity contribution in [3.05, 3.63) is 34.7 Å². The number of aryl methyl sites for hydroxylation is 1. The topological polar surface area (TPSA) is 92.7 Å². The summed E-state index contributed by atoms with van der Waals surface area (Å²) in [5.41, 5.74) is 0.516. The Bertz CT molecular complexity index is 928. The van der Waals surface area contributed by atoms with E-state index in [1.165, 1.54) is 0 Å². The highest BCUT2D eigenvalue weighted by molar-refractivity contribution is 9.10. The summed E-state index contributed by atoms with van der Waals surface area (Å²) in [6, 6.07) is 3.91. The van der Waals surface area contributed by atoms with Gasteiger partial charge in [-0.3, -0.25) is 0 Å². The fourth-order valence-corrected chi connectivity index (χ4v) is 3.97. The van der Waals surface area contributed by atoms with Gasteiger partial charge in [0.2, 0.25) is 0 Å². The number of halogens is 1. The highest BCUT2D eigenvalue weighted by Crippen LogP contribution is 2.25. The molecule has 0 saturated carbocycles. The van der Waals surface area contributed by atoms with Crippen LogP contribution in [0.4, 0.5) is 22.2 Å². The van der Waals surface area contributed by atoms with Gasteiger partial charge in [-0.15, -0.1) is 5.06 Å². The van der Waals surface area contributed by atoms with Gasteiger partial charge < -0.3 is 19.8 Å². The molecule has 3 heterocycles. The Morgan fingerprint density at radius 3 is 2.62 bits per heavy atom. The molecule has 1 saturated heterocycles. The molecule has 2 aromatic heterocycles. The molecule has 9 nitrogen and oxygen atoms in total. The minimum atomic E-state index is -0.649. The van der Waals surface area contributed by atoms with E-state index < -0.39 is 11.8 Å². The number of pyridine rings is 1. The molecule has 0 aromatic carbocycles. The van der Waals surface area contributed by atoms with E-state index in [1.54, 1.807) is 17.6 Å². The first kappa shape index (κ1) is 24.2. The molecule has 0 atom stereocenters. The first-order valence-corrected chi connectivity index (χ1v) is 11.5. The molecule has 10 heteroatoms. The lowest BCUT2D eigenvalue weighted by molar-refractivity contribution is -0.154. The van der Waals surface area contributed by atoms with Crippen LogP contribution in [-0.2, 0) is 9.57 Å². The lowest BCUT2D eigenvalue weighted by Crippen LogP contribution is -2.40. The number of piperidine rings is 1. The summed E-state index contributed by atoms with van der Waals surface area (Å²) >= 11 is 3.53. The standard InChI is InChI=1S/C22H31BrN6O3/c1-15-10-17(23)20(24-12-15)27-18-11-19(26-14-25-18)28(5)13-16-6-8-29(9-7-16)32-21(30)31-22(2,3)4/h10-12,14,16H,6-9,13H2,1-5H3,(H,24,25,26,27). The third-order valence-corrected chi connectivity index (χ3v) is 5.57. The second kappa shape index (κ2) is 10.4. The smallest absolute Gasteiger partial charge is 0.427 e. The highest BCUT2D eigenvalue weighted by Gasteiger charge is 2.26. The molecule has 0 bridgehead atoms. The number of hydrogen-bond donors (Lipinski definition) is 1. The zero-order chi connectivity index (χ0) is 23.3. The van der Waals surface area contributed by atoms with Crippen LogP contribution in [0, 0.1) is 12.8 Å². The van der Waals surface area contributed by atoms with Gasteiger partial charge in [0.25, 0.3) is 0 Å². The van der Waals surface area contributed by atoms with Crippen molar-refractivity contribution in [3.8, 4) is 0 Å². The van der Waals surface area contributed by atoms with Crippen molar-refractivity contribution in [2.24, 2.45) is 5.92 Å².